The first-order valence-corrected chi connectivity index (χ1v) is 36.4. The number of fused-ring (bicyclic) bond motifs is 3. The van der Waals surface area contributed by atoms with Gasteiger partial charge in [-0.3, -0.25) is 20.0 Å². The van der Waals surface area contributed by atoms with E-state index in [9.17, 15) is 4.79 Å². The monoisotopic (exact) mass is 1180 g/mol. The van der Waals surface area contributed by atoms with Crippen molar-refractivity contribution in [1.82, 2.24) is 15.3 Å². The number of ether oxygens (including phenoxy) is 2. The molecule has 0 saturated carbocycles. The van der Waals surface area contributed by atoms with Crippen LogP contribution in [0.2, 0.25) is 12.1 Å². The molecule has 1 N–H and O–H groups in total. The highest BCUT2D eigenvalue weighted by Crippen LogP contribution is 2.43. The van der Waals surface area contributed by atoms with E-state index in [2.05, 4.69) is 63.9 Å². The van der Waals surface area contributed by atoms with E-state index in [1.807, 2.05) is 90.3 Å². The van der Waals surface area contributed by atoms with Gasteiger partial charge in [0.05, 0.1) is 41.2 Å². The van der Waals surface area contributed by atoms with Gasteiger partial charge in [0, 0.05) is 111 Å². The van der Waals surface area contributed by atoms with Crippen LogP contribution in [0.3, 0.4) is 0 Å². The number of carbonyl (C=O) groups is 1. The Morgan fingerprint density at radius 3 is 1.72 bits per heavy atom. The molecule has 4 heterocycles. The molecular weight excluding hydrogens is 1080 g/mol. The molecule has 2 aliphatic heterocycles. The molecule has 2 aromatic rings. The fourth-order valence-corrected chi connectivity index (χ4v) is 17.8. The molecule has 3 aliphatic carbocycles. The van der Waals surface area contributed by atoms with Gasteiger partial charge in [-0.15, -0.1) is 11.8 Å². The Hall–Kier alpha value is -4.31. The number of pyridine rings is 2. The number of amides is 1. The van der Waals surface area contributed by atoms with Crippen molar-refractivity contribution in [1.29, 1.82) is 0 Å². The number of thioether (sulfide) groups is 1. The highest BCUT2D eigenvalue weighted by Gasteiger charge is 2.41. The van der Waals surface area contributed by atoms with E-state index < -0.39 is 17.6 Å². The van der Waals surface area contributed by atoms with Crippen molar-refractivity contribution < 1.29 is 40.8 Å². The maximum absolute atomic E-state index is 12.0. The van der Waals surface area contributed by atoms with Crippen LogP contribution in [0.1, 0.15) is 170 Å². The zero-order chi connectivity index (χ0) is 57.9. The largest absolute Gasteiger partial charge is 0.500 e. The van der Waals surface area contributed by atoms with Crippen LogP contribution in [0.25, 0.3) is 22.1 Å². The summed E-state index contributed by atoms with van der Waals surface area (Å²) in [4.78, 5) is 32.0. The number of aromatic nitrogens is 2. The van der Waals surface area contributed by atoms with Gasteiger partial charge in [0.15, 0.2) is 0 Å². The number of dihydropyridines is 2. The number of nitrogens with one attached hydrogen (secondary N) is 1. The van der Waals surface area contributed by atoms with Crippen LogP contribution in [0.15, 0.2) is 94.2 Å². The van der Waals surface area contributed by atoms with Crippen LogP contribution in [0, 0.1) is 11.8 Å². The van der Waals surface area contributed by atoms with E-state index in [0.29, 0.717) is 65.4 Å². The Balaban J connectivity index is 0.000000264. The number of hydrogen-bond acceptors (Lipinski definition) is 14. The summed E-state index contributed by atoms with van der Waals surface area (Å²) >= 11 is 2.02. The van der Waals surface area contributed by atoms with Crippen molar-refractivity contribution >= 4 is 70.0 Å². The summed E-state index contributed by atoms with van der Waals surface area (Å²) in [6.07, 6.45) is 43.9. The Kier molecular flexibility index (Phi) is 31.5. The molecule has 17 heteroatoms. The number of alkyl carbamates (subject to hydrolysis) is 1. The number of rotatable bonds is 42. The highest BCUT2D eigenvalue weighted by molar-refractivity contribution is 8.08. The van der Waals surface area contributed by atoms with Gasteiger partial charge in [-0.1, -0.05) is 120 Å². The molecule has 1 amide bonds. The highest BCUT2D eigenvalue weighted by atomic mass is 32.2. The number of nitrogens with zero attached hydrogens (tertiary/aromatic N) is 4. The molecule has 7 rings (SSSR count). The maximum atomic E-state index is 12.0. The van der Waals surface area contributed by atoms with Crippen LogP contribution in [-0.2, 0) is 36.0 Å². The van der Waals surface area contributed by atoms with Gasteiger partial charge in [-0.2, -0.15) is 0 Å². The average molecular weight is 1180 g/mol. The smallest absolute Gasteiger partial charge is 0.497 e. The minimum absolute atomic E-state index is 0.243. The molecule has 2 aromatic heterocycles. The number of hydrogen-bond donors (Lipinski definition) is 1. The first-order chi connectivity index (χ1) is 40.3. The van der Waals surface area contributed by atoms with E-state index in [-0.39, 0.29) is 17.9 Å². The Bertz CT molecular complexity index is 2660. The van der Waals surface area contributed by atoms with Crippen LogP contribution in [0.4, 0.5) is 4.79 Å². The topological polar surface area (TPSA) is 153 Å². The fourth-order valence-electron chi connectivity index (χ4n) is 11.3. The summed E-state index contributed by atoms with van der Waals surface area (Å²) in [5.74, 6) is 2.67. The summed E-state index contributed by atoms with van der Waals surface area (Å²) in [5, 5.41) is 7.15. The minimum atomic E-state index is -2.66. The number of unbranched alkanes of at least 4 members (excludes halogenated alkanes) is 16. The van der Waals surface area contributed by atoms with Crippen molar-refractivity contribution in [3.05, 3.63) is 105 Å². The molecule has 0 saturated heterocycles. The lowest BCUT2D eigenvalue weighted by Gasteiger charge is -2.30. The summed E-state index contributed by atoms with van der Waals surface area (Å²) in [6, 6.07) is 9.94. The first-order valence-electron chi connectivity index (χ1n) is 31.6. The van der Waals surface area contributed by atoms with E-state index in [1.54, 1.807) is 0 Å². The third-order valence-corrected chi connectivity index (χ3v) is 22.6. The summed E-state index contributed by atoms with van der Waals surface area (Å²) < 4.78 is 47.0. The van der Waals surface area contributed by atoms with E-state index in [4.69, 9.17) is 46.0 Å². The third-order valence-electron chi connectivity index (χ3n) is 15.1. The standard InChI is InChI=1S/C35H52N2O3SSi.C30H47N3O6Si/c1-4-38-42(39-5-2,40-6-3)28-18-16-14-12-10-8-7-9-11-13-15-17-27-41-35-30-22-19-21-29-24-26-37-34(32(29)30)33-31(35)23-20-25-36-33;1-4-37-40(38-5-2,39-6-3)23-15-20-33-30(34)36-22-12-10-8-7-9-11-21-35-27-24-25-16-13-18-31-28(25)29-26(27)17-14-19-32-29/h19-26,32H,4-18,27-28H2,1-3H3;13-14,16-19,25H,4-12,15,20-24H2,1-3H3,(H,33,34). The SMILES string of the molecule is CCO[Si](CCCCCCCCCCCCCCSC1=c2cccnc2=C2N=CC=C3C=CC=C1C32)(OCC)OCC.CCO[Si](CCCNC(=O)OCCCCCCCCOC1=c2cccnc2=C2N=CC=CC2C1)(OCC)OCC. The number of aliphatic imine (C=N–C) groups is 2. The lowest BCUT2D eigenvalue weighted by Crippen LogP contribution is -2.46. The average Bonchev–Trinajstić information content (AvgIpc) is 3.39. The minimum Gasteiger partial charge on any atom is -0.497 e. The first kappa shape index (κ1) is 66.8. The summed E-state index contributed by atoms with van der Waals surface area (Å²) in [7, 11) is -5.11. The molecule has 0 radical (unpaired) electrons. The molecule has 0 bridgehead atoms. The second-order valence-electron chi connectivity index (χ2n) is 21.1. The quantitative estimate of drug-likeness (QED) is 0.0497. The molecular formula is C65H99N5O9SSi2. The molecule has 0 spiro atoms. The zero-order valence-corrected chi connectivity index (χ0v) is 53.6. The molecule has 0 aromatic carbocycles. The van der Waals surface area contributed by atoms with Crippen molar-refractivity contribution in [2.24, 2.45) is 21.8 Å². The van der Waals surface area contributed by atoms with Crippen LogP contribution < -0.4 is 26.5 Å². The second kappa shape index (κ2) is 38.6. The van der Waals surface area contributed by atoms with Crippen LogP contribution in [0.5, 0.6) is 0 Å². The van der Waals surface area contributed by atoms with Gasteiger partial charge < -0.3 is 41.3 Å². The van der Waals surface area contributed by atoms with Gasteiger partial charge in [0.2, 0.25) is 0 Å². The Morgan fingerprint density at radius 1 is 0.585 bits per heavy atom. The molecule has 14 nitrogen and oxygen atoms in total. The van der Waals surface area contributed by atoms with Gasteiger partial charge >= 0.3 is 23.7 Å². The lowest BCUT2D eigenvalue weighted by molar-refractivity contribution is 0.0699. The summed E-state index contributed by atoms with van der Waals surface area (Å²) in [5.41, 5.74) is 4.87. The van der Waals surface area contributed by atoms with Crippen molar-refractivity contribution in [3.63, 3.8) is 0 Å². The fraction of sp³-hybridized carbons (Fsp3) is 0.615. The third kappa shape index (κ3) is 21.3. The molecule has 452 valence electrons. The predicted octanol–water partition coefficient (Wildman–Crippen LogP) is 12.4. The molecule has 0 fully saturated rings. The number of allylic oxidation sites excluding steroid dienone is 5. The normalized spacial score (nSPS) is 16.7. The molecule has 82 heavy (non-hydrogen) atoms. The second-order valence-corrected chi connectivity index (χ2v) is 27.7. The lowest BCUT2D eigenvalue weighted by atomic mass is 9.80. The number of carbonyl (C=O) groups excluding carboxylic acids is 1. The van der Waals surface area contributed by atoms with Crippen LogP contribution in [-0.4, -0.2) is 111 Å². The van der Waals surface area contributed by atoms with Gasteiger partial charge in [0.1, 0.15) is 5.76 Å². The molecule has 2 unspecified atom stereocenters. The Morgan fingerprint density at radius 2 is 1.11 bits per heavy atom. The van der Waals surface area contributed by atoms with E-state index >= 15 is 0 Å². The zero-order valence-electron chi connectivity index (χ0n) is 50.7. The van der Waals surface area contributed by atoms with Crippen molar-refractivity contribution in [3.8, 4) is 0 Å². The van der Waals surface area contributed by atoms with E-state index in [0.717, 1.165) is 96.9 Å². The summed E-state index contributed by atoms with van der Waals surface area (Å²) in [6.45, 7) is 17.3. The van der Waals surface area contributed by atoms with E-state index in [1.165, 1.54) is 97.7 Å². The predicted molar refractivity (Wildman–Crippen MR) is 340 cm³/mol. The van der Waals surface area contributed by atoms with Crippen molar-refractivity contribution in [2.45, 2.75) is 182 Å². The molecule has 5 aliphatic rings. The van der Waals surface area contributed by atoms with Gasteiger partial charge in [-0.25, -0.2) is 4.79 Å². The van der Waals surface area contributed by atoms with Crippen LogP contribution >= 0.6 is 11.8 Å². The maximum Gasteiger partial charge on any atom is 0.500 e. The van der Waals surface area contributed by atoms with Gasteiger partial charge in [-0.05, 0) is 121 Å². The van der Waals surface area contributed by atoms with Gasteiger partial charge in [0.25, 0.3) is 0 Å². The van der Waals surface area contributed by atoms with Crippen molar-refractivity contribution in [2.75, 3.05) is 65.2 Å². The molecule has 2 atom stereocenters. The Labute approximate surface area is 497 Å².